The molecule has 31 heavy (non-hydrogen) atoms. The van der Waals surface area contributed by atoms with E-state index >= 15 is 0 Å². The minimum atomic E-state index is 0.0819. The molecule has 1 heterocycles. The van der Waals surface area contributed by atoms with Crippen LogP contribution in [0, 0.1) is 5.92 Å². The van der Waals surface area contributed by atoms with Gasteiger partial charge in [-0.05, 0) is 60.7 Å². The molecule has 0 spiro atoms. The Balaban J connectivity index is 1.39. The van der Waals surface area contributed by atoms with Gasteiger partial charge in [0, 0.05) is 23.9 Å². The SMILES string of the molecule is COc1ccccc1NC(N)=Nc1ccc(-c2ccc(NC(=O)CC3CC3)cc2)cn1. The van der Waals surface area contributed by atoms with E-state index in [2.05, 4.69) is 20.6 Å². The molecule has 7 nitrogen and oxygen atoms in total. The lowest BCUT2D eigenvalue weighted by Crippen LogP contribution is -2.22. The van der Waals surface area contributed by atoms with Gasteiger partial charge in [-0.15, -0.1) is 0 Å². The Labute approximate surface area is 181 Å². The average Bonchev–Trinajstić information content (AvgIpc) is 3.59. The molecule has 0 aliphatic heterocycles. The topological polar surface area (TPSA) is 102 Å². The summed E-state index contributed by atoms with van der Waals surface area (Å²) in [5.74, 6) is 2.05. The number of para-hydroxylation sites is 2. The minimum absolute atomic E-state index is 0.0819. The lowest BCUT2D eigenvalue weighted by molar-refractivity contribution is -0.116. The first-order valence-corrected chi connectivity index (χ1v) is 10.2. The number of nitrogens with zero attached hydrogens (tertiary/aromatic N) is 2. The quantitative estimate of drug-likeness (QED) is 0.388. The number of anilines is 2. The Morgan fingerprint density at radius 1 is 1.06 bits per heavy atom. The lowest BCUT2D eigenvalue weighted by Gasteiger charge is -2.10. The van der Waals surface area contributed by atoms with Crippen molar-refractivity contribution in [1.29, 1.82) is 0 Å². The highest BCUT2D eigenvalue weighted by Gasteiger charge is 2.24. The van der Waals surface area contributed by atoms with Crippen LogP contribution in [0.5, 0.6) is 5.75 Å². The van der Waals surface area contributed by atoms with Crippen molar-refractivity contribution in [1.82, 2.24) is 4.98 Å². The maximum absolute atomic E-state index is 11.9. The molecule has 7 heteroatoms. The van der Waals surface area contributed by atoms with Gasteiger partial charge in [0.2, 0.25) is 5.91 Å². The van der Waals surface area contributed by atoms with Gasteiger partial charge in [-0.2, -0.15) is 4.99 Å². The van der Waals surface area contributed by atoms with E-state index < -0.39 is 0 Å². The summed E-state index contributed by atoms with van der Waals surface area (Å²) >= 11 is 0. The monoisotopic (exact) mass is 415 g/mol. The summed E-state index contributed by atoms with van der Waals surface area (Å²) in [7, 11) is 1.60. The number of rotatable bonds is 7. The predicted octanol–water partition coefficient (Wildman–Crippen LogP) is 4.55. The molecule has 0 radical (unpaired) electrons. The second-order valence-corrected chi connectivity index (χ2v) is 7.50. The van der Waals surface area contributed by atoms with Gasteiger partial charge in [0.1, 0.15) is 5.75 Å². The highest BCUT2D eigenvalue weighted by Crippen LogP contribution is 2.32. The van der Waals surface area contributed by atoms with E-state index in [1.165, 1.54) is 12.8 Å². The average molecular weight is 415 g/mol. The molecule has 4 rings (SSSR count). The molecule has 0 atom stereocenters. The van der Waals surface area contributed by atoms with Crippen molar-refractivity contribution < 1.29 is 9.53 Å². The van der Waals surface area contributed by atoms with Crippen molar-refractivity contribution >= 4 is 29.1 Å². The largest absolute Gasteiger partial charge is 0.495 e. The first kappa shape index (κ1) is 20.4. The summed E-state index contributed by atoms with van der Waals surface area (Å²) < 4.78 is 5.30. The number of benzene rings is 2. The fraction of sp³-hybridized carbons (Fsp3) is 0.208. The molecule has 1 aromatic heterocycles. The first-order valence-electron chi connectivity index (χ1n) is 10.2. The zero-order chi connectivity index (χ0) is 21.6. The van der Waals surface area contributed by atoms with Crippen LogP contribution in [0.25, 0.3) is 11.1 Å². The number of pyridine rings is 1. The van der Waals surface area contributed by atoms with Crippen molar-refractivity contribution in [3.05, 3.63) is 66.9 Å². The number of carbonyl (C=O) groups is 1. The van der Waals surface area contributed by atoms with Crippen LogP contribution in [-0.4, -0.2) is 24.0 Å². The molecule has 3 aromatic rings. The van der Waals surface area contributed by atoms with E-state index in [-0.39, 0.29) is 11.9 Å². The Morgan fingerprint density at radius 3 is 2.48 bits per heavy atom. The summed E-state index contributed by atoms with van der Waals surface area (Å²) in [5, 5.41) is 5.97. The third kappa shape index (κ3) is 5.60. The number of aliphatic imine (C=N–C) groups is 1. The van der Waals surface area contributed by atoms with Crippen LogP contribution < -0.4 is 21.1 Å². The van der Waals surface area contributed by atoms with Crippen molar-refractivity contribution in [2.75, 3.05) is 17.7 Å². The van der Waals surface area contributed by atoms with E-state index in [0.29, 0.717) is 23.9 Å². The van der Waals surface area contributed by atoms with E-state index in [9.17, 15) is 4.79 Å². The van der Waals surface area contributed by atoms with Crippen LogP contribution >= 0.6 is 0 Å². The molecule has 1 aliphatic rings. The fourth-order valence-corrected chi connectivity index (χ4v) is 3.20. The molecule has 1 fully saturated rings. The van der Waals surface area contributed by atoms with E-state index in [0.717, 1.165) is 22.5 Å². The number of amides is 1. The van der Waals surface area contributed by atoms with Gasteiger partial charge in [0.05, 0.1) is 12.8 Å². The smallest absolute Gasteiger partial charge is 0.224 e. The van der Waals surface area contributed by atoms with Gasteiger partial charge in [0.15, 0.2) is 11.8 Å². The number of hydrogen-bond donors (Lipinski definition) is 3. The van der Waals surface area contributed by atoms with Crippen LogP contribution in [0.1, 0.15) is 19.3 Å². The molecular weight excluding hydrogens is 390 g/mol. The third-order valence-electron chi connectivity index (χ3n) is 5.03. The van der Waals surface area contributed by atoms with Crippen LogP contribution in [0.2, 0.25) is 0 Å². The normalized spacial score (nSPS) is 13.5. The molecule has 2 aromatic carbocycles. The van der Waals surface area contributed by atoms with Gasteiger partial charge in [-0.25, -0.2) is 4.98 Å². The summed E-state index contributed by atoms with van der Waals surface area (Å²) in [6.45, 7) is 0. The summed E-state index contributed by atoms with van der Waals surface area (Å²) in [4.78, 5) is 20.6. The third-order valence-corrected chi connectivity index (χ3v) is 5.03. The molecule has 1 aliphatic carbocycles. The van der Waals surface area contributed by atoms with Crippen molar-refractivity contribution in [2.45, 2.75) is 19.3 Å². The van der Waals surface area contributed by atoms with Gasteiger partial charge in [0.25, 0.3) is 0 Å². The second-order valence-electron chi connectivity index (χ2n) is 7.50. The molecule has 158 valence electrons. The standard InChI is InChI=1S/C24H25N5O2/c1-31-21-5-3-2-4-20(21)28-24(25)29-22-13-10-18(15-26-22)17-8-11-19(12-9-17)27-23(30)14-16-6-7-16/h2-5,8-13,15-16H,6-7,14H2,1H3,(H,27,30)(H3,25,26,28,29). The number of guanidine groups is 1. The van der Waals surface area contributed by atoms with Crippen LogP contribution in [-0.2, 0) is 4.79 Å². The number of ether oxygens (including phenoxy) is 1. The highest BCUT2D eigenvalue weighted by molar-refractivity contribution is 5.95. The van der Waals surface area contributed by atoms with Crippen LogP contribution in [0.4, 0.5) is 17.2 Å². The van der Waals surface area contributed by atoms with Crippen LogP contribution in [0.3, 0.4) is 0 Å². The van der Waals surface area contributed by atoms with E-state index in [4.69, 9.17) is 10.5 Å². The van der Waals surface area contributed by atoms with Crippen molar-refractivity contribution in [2.24, 2.45) is 16.6 Å². The number of nitrogens with two attached hydrogens (primary N) is 1. The Bertz CT molecular complexity index is 1070. The van der Waals surface area contributed by atoms with Gasteiger partial charge >= 0.3 is 0 Å². The fourth-order valence-electron chi connectivity index (χ4n) is 3.20. The Hall–Kier alpha value is -3.87. The molecular formula is C24H25N5O2. The number of hydrogen-bond acceptors (Lipinski definition) is 4. The number of methoxy groups -OCH3 is 1. The van der Waals surface area contributed by atoms with Crippen LogP contribution in [0.15, 0.2) is 71.9 Å². The van der Waals surface area contributed by atoms with Gasteiger partial charge < -0.3 is 21.1 Å². The minimum Gasteiger partial charge on any atom is -0.495 e. The highest BCUT2D eigenvalue weighted by atomic mass is 16.5. The molecule has 0 unspecified atom stereocenters. The molecule has 1 saturated carbocycles. The number of nitrogens with one attached hydrogen (secondary N) is 2. The molecule has 0 saturated heterocycles. The van der Waals surface area contributed by atoms with Gasteiger partial charge in [-0.3, -0.25) is 4.79 Å². The van der Waals surface area contributed by atoms with E-state index in [1.54, 1.807) is 19.4 Å². The zero-order valence-corrected chi connectivity index (χ0v) is 17.3. The summed E-state index contributed by atoms with van der Waals surface area (Å²) in [6.07, 6.45) is 4.70. The van der Waals surface area contributed by atoms with Crippen molar-refractivity contribution in [3.8, 4) is 16.9 Å². The Kier molecular flexibility index (Phi) is 6.12. The maximum atomic E-state index is 11.9. The predicted molar refractivity (Wildman–Crippen MR) is 124 cm³/mol. The number of carbonyl (C=O) groups excluding carboxylic acids is 1. The summed E-state index contributed by atoms with van der Waals surface area (Å²) in [5.41, 5.74) is 9.50. The zero-order valence-electron chi connectivity index (χ0n) is 17.3. The molecule has 1 amide bonds. The lowest BCUT2D eigenvalue weighted by atomic mass is 10.1. The molecule has 0 bridgehead atoms. The Morgan fingerprint density at radius 2 is 1.81 bits per heavy atom. The number of aromatic nitrogens is 1. The van der Waals surface area contributed by atoms with Crippen molar-refractivity contribution in [3.63, 3.8) is 0 Å². The first-order chi connectivity index (χ1) is 15.1. The second kappa shape index (κ2) is 9.30. The molecule has 4 N–H and O–H groups in total. The maximum Gasteiger partial charge on any atom is 0.224 e. The van der Waals surface area contributed by atoms with Gasteiger partial charge in [-0.1, -0.05) is 24.3 Å². The summed E-state index contributed by atoms with van der Waals surface area (Å²) in [6, 6.07) is 18.9. The van der Waals surface area contributed by atoms with E-state index in [1.807, 2.05) is 54.6 Å².